The van der Waals surface area contributed by atoms with Crippen molar-refractivity contribution in [3.8, 4) is 17.2 Å². The minimum atomic E-state index is 0.0804. The number of piperidine rings is 1. The van der Waals surface area contributed by atoms with Crippen molar-refractivity contribution in [3.05, 3.63) is 66.0 Å². The van der Waals surface area contributed by atoms with Gasteiger partial charge in [-0.25, -0.2) is 0 Å². The maximum Gasteiger partial charge on any atom is 0.261 e. The molecule has 1 aliphatic heterocycles. The lowest BCUT2D eigenvalue weighted by molar-refractivity contribution is 0.0710. The number of amides is 1. The van der Waals surface area contributed by atoms with E-state index in [-0.39, 0.29) is 11.8 Å². The third-order valence-electron chi connectivity index (χ3n) is 4.95. The van der Waals surface area contributed by atoms with Gasteiger partial charge < -0.3 is 14.2 Å². The molecule has 1 aromatic heterocycles. The standard InChI is InChI=1S/C21H21N3O3/c1-26-18-10-6-5-9-17(18)20-22-19(23-27-20)15-11-13-24(14-12-15)21(25)16-7-3-2-4-8-16/h2-10,15H,11-14H2,1H3. The summed E-state index contributed by atoms with van der Waals surface area (Å²) >= 11 is 0. The quantitative estimate of drug-likeness (QED) is 0.706. The summed E-state index contributed by atoms with van der Waals surface area (Å²) in [5.41, 5.74) is 1.52. The first-order valence-corrected chi connectivity index (χ1v) is 9.07. The van der Waals surface area contributed by atoms with E-state index >= 15 is 0 Å². The first-order chi connectivity index (χ1) is 13.3. The Morgan fingerprint density at radius 2 is 1.78 bits per heavy atom. The monoisotopic (exact) mass is 363 g/mol. The number of likely N-dealkylation sites (tertiary alicyclic amines) is 1. The van der Waals surface area contributed by atoms with Crippen LogP contribution in [0.25, 0.3) is 11.5 Å². The average molecular weight is 363 g/mol. The minimum absolute atomic E-state index is 0.0804. The SMILES string of the molecule is COc1ccccc1-c1nc(C2CCN(C(=O)c3ccccc3)CC2)no1. The average Bonchev–Trinajstić information content (AvgIpc) is 3.24. The van der Waals surface area contributed by atoms with Gasteiger partial charge in [0.1, 0.15) is 5.75 Å². The number of hydrogen-bond acceptors (Lipinski definition) is 5. The zero-order valence-electron chi connectivity index (χ0n) is 15.2. The zero-order valence-corrected chi connectivity index (χ0v) is 15.2. The fourth-order valence-electron chi connectivity index (χ4n) is 3.44. The van der Waals surface area contributed by atoms with E-state index in [9.17, 15) is 4.79 Å². The fourth-order valence-corrected chi connectivity index (χ4v) is 3.44. The Labute approximate surface area is 157 Å². The Hall–Kier alpha value is -3.15. The molecule has 6 heteroatoms. The van der Waals surface area contributed by atoms with E-state index in [2.05, 4.69) is 10.1 Å². The highest BCUT2D eigenvalue weighted by Crippen LogP contribution is 2.32. The van der Waals surface area contributed by atoms with Gasteiger partial charge in [0.05, 0.1) is 12.7 Å². The second-order valence-corrected chi connectivity index (χ2v) is 6.59. The molecule has 0 aliphatic carbocycles. The number of aromatic nitrogens is 2. The summed E-state index contributed by atoms with van der Waals surface area (Å²) < 4.78 is 10.8. The molecule has 0 spiro atoms. The molecule has 2 aromatic carbocycles. The largest absolute Gasteiger partial charge is 0.496 e. The first kappa shape index (κ1) is 17.3. The van der Waals surface area contributed by atoms with Crippen LogP contribution in [-0.4, -0.2) is 41.1 Å². The zero-order chi connectivity index (χ0) is 18.6. The fraction of sp³-hybridized carbons (Fsp3) is 0.286. The van der Waals surface area contributed by atoms with Crippen LogP contribution in [0, 0.1) is 0 Å². The van der Waals surface area contributed by atoms with Crippen LogP contribution in [0.4, 0.5) is 0 Å². The minimum Gasteiger partial charge on any atom is -0.496 e. The van der Waals surface area contributed by atoms with Crippen molar-refractivity contribution in [3.63, 3.8) is 0 Å². The van der Waals surface area contributed by atoms with Gasteiger partial charge in [-0.05, 0) is 37.1 Å². The summed E-state index contributed by atoms with van der Waals surface area (Å²) in [7, 11) is 1.62. The van der Waals surface area contributed by atoms with Crippen molar-refractivity contribution in [1.29, 1.82) is 0 Å². The Morgan fingerprint density at radius 3 is 2.52 bits per heavy atom. The van der Waals surface area contributed by atoms with E-state index < -0.39 is 0 Å². The van der Waals surface area contributed by atoms with Gasteiger partial charge in [0.15, 0.2) is 5.82 Å². The predicted molar refractivity (Wildman–Crippen MR) is 101 cm³/mol. The van der Waals surface area contributed by atoms with Crippen molar-refractivity contribution < 1.29 is 14.1 Å². The van der Waals surface area contributed by atoms with Crippen LogP contribution in [0.15, 0.2) is 59.1 Å². The molecule has 1 saturated heterocycles. The highest BCUT2D eigenvalue weighted by atomic mass is 16.5. The summed E-state index contributed by atoms with van der Waals surface area (Å²) in [5, 5.41) is 4.17. The highest BCUT2D eigenvalue weighted by Gasteiger charge is 2.28. The molecule has 0 atom stereocenters. The molecule has 1 aliphatic rings. The molecule has 138 valence electrons. The topological polar surface area (TPSA) is 68.5 Å². The number of nitrogens with zero attached hydrogens (tertiary/aromatic N) is 3. The molecule has 0 N–H and O–H groups in total. The number of rotatable bonds is 4. The molecule has 27 heavy (non-hydrogen) atoms. The summed E-state index contributed by atoms with van der Waals surface area (Å²) in [6.07, 6.45) is 1.65. The van der Waals surface area contributed by atoms with Crippen molar-refractivity contribution >= 4 is 5.91 Å². The molecule has 0 bridgehead atoms. The first-order valence-electron chi connectivity index (χ1n) is 9.07. The van der Waals surface area contributed by atoms with E-state index in [4.69, 9.17) is 9.26 Å². The van der Waals surface area contributed by atoms with Crippen LogP contribution in [0.3, 0.4) is 0 Å². The second-order valence-electron chi connectivity index (χ2n) is 6.59. The maximum absolute atomic E-state index is 12.6. The van der Waals surface area contributed by atoms with Gasteiger partial charge >= 0.3 is 0 Å². The van der Waals surface area contributed by atoms with Crippen molar-refractivity contribution in [2.75, 3.05) is 20.2 Å². The van der Waals surface area contributed by atoms with E-state index in [0.717, 1.165) is 24.0 Å². The second kappa shape index (κ2) is 7.61. The number of methoxy groups -OCH3 is 1. The lowest BCUT2D eigenvalue weighted by Gasteiger charge is -2.30. The lowest BCUT2D eigenvalue weighted by atomic mass is 9.95. The number of hydrogen-bond donors (Lipinski definition) is 0. The summed E-state index contributed by atoms with van der Waals surface area (Å²) in [5.74, 6) is 2.14. The Bertz CT molecular complexity index is 915. The number of para-hydroxylation sites is 1. The molecule has 6 nitrogen and oxygen atoms in total. The molecule has 1 amide bonds. The van der Waals surface area contributed by atoms with Gasteiger partial charge in [-0.15, -0.1) is 0 Å². The van der Waals surface area contributed by atoms with Crippen molar-refractivity contribution in [2.45, 2.75) is 18.8 Å². The molecule has 2 heterocycles. The van der Waals surface area contributed by atoms with Gasteiger partial charge in [-0.2, -0.15) is 4.98 Å². The third-order valence-corrected chi connectivity index (χ3v) is 4.95. The third kappa shape index (κ3) is 3.56. The molecule has 0 radical (unpaired) electrons. The summed E-state index contributed by atoms with van der Waals surface area (Å²) in [6, 6.07) is 17.0. The normalized spacial score (nSPS) is 14.9. The van der Waals surface area contributed by atoms with E-state index in [1.54, 1.807) is 7.11 Å². The highest BCUT2D eigenvalue weighted by molar-refractivity contribution is 5.94. The van der Waals surface area contributed by atoms with Crippen LogP contribution in [0.2, 0.25) is 0 Å². The van der Waals surface area contributed by atoms with Gasteiger partial charge in [0.25, 0.3) is 11.8 Å². The number of ether oxygens (including phenoxy) is 1. The van der Waals surface area contributed by atoms with Crippen molar-refractivity contribution in [2.24, 2.45) is 0 Å². The van der Waals surface area contributed by atoms with E-state index in [1.807, 2.05) is 59.5 Å². The Balaban J connectivity index is 1.43. The van der Waals surface area contributed by atoms with Crippen LogP contribution < -0.4 is 4.74 Å². The predicted octanol–water partition coefficient (Wildman–Crippen LogP) is 3.77. The maximum atomic E-state index is 12.6. The molecule has 3 aromatic rings. The van der Waals surface area contributed by atoms with Gasteiger partial charge in [-0.1, -0.05) is 35.5 Å². The summed E-state index contributed by atoms with van der Waals surface area (Å²) in [6.45, 7) is 1.38. The molecule has 1 fully saturated rings. The summed E-state index contributed by atoms with van der Waals surface area (Å²) in [4.78, 5) is 19.0. The van der Waals surface area contributed by atoms with Gasteiger partial charge in [0.2, 0.25) is 0 Å². The number of carbonyl (C=O) groups excluding carboxylic acids is 1. The van der Waals surface area contributed by atoms with Crippen LogP contribution in [0.1, 0.15) is 34.9 Å². The Kier molecular flexibility index (Phi) is 4.87. The van der Waals surface area contributed by atoms with Crippen molar-refractivity contribution in [1.82, 2.24) is 15.0 Å². The number of benzene rings is 2. The molecular weight excluding hydrogens is 342 g/mol. The lowest BCUT2D eigenvalue weighted by Crippen LogP contribution is -2.38. The van der Waals surface area contributed by atoms with Gasteiger partial charge in [-0.3, -0.25) is 4.79 Å². The van der Waals surface area contributed by atoms with E-state index in [0.29, 0.717) is 30.6 Å². The molecule has 0 saturated carbocycles. The van der Waals surface area contributed by atoms with Crippen LogP contribution >= 0.6 is 0 Å². The molecular formula is C21H21N3O3. The Morgan fingerprint density at radius 1 is 1.07 bits per heavy atom. The molecule has 4 rings (SSSR count). The smallest absolute Gasteiger partial charge is 0.261 e. The van der Waals surface area contributed by atoms with E-state index in [1.165, 1.54) is 0 Å². The van der Waals surface area contributed by atoms with Crippen LogP contribution in [0.5, 0.6) is 5.75 Å². The number of carbonyl (C=O) groups is 1. The molecule has 0 unspecified atom stereocenters. The van der Waals surface area contributed by atoms with Gasteiger partial charge in [0, 0.05) is 24.6 Å². The van der Waals surface area contributed by atoms with Crippen LogP contribution in [-0.2, 0) is 0 Å².